The first kappa shape index (κ1) is 20.6. The minimum absolute atomic E-state index is 0.968. The number of ether oxygens (including phenoxy) is 2. The molecular weight excluding hydrogens is 312 g/mol. The second kappa shape index (κ2) is 9.60. The van der Waals surface area contributed by atoms with Gasteiger partial charge in [0.2, 0.25) is 12.6 Å². The van der Waals surface area contributed by atoms with Crippen LogP contribution < -0.4 is 0 Å². The third kappa shape index (κ3) is 6.17. The summed E-state index contributed by atoms with van der Waals surface area (Å²) in [5, 5.41) is 71.5. The average Bonchev–Trinajstić information content (AvgIpc) is 2.51. The van der Waals surface area contributed by atoms with E-state index in [1.54, 1.807) is 0 Å². The van der Waals surface area contributed by atoms with Crippen LogP contribution in [0, 0.1) is 0 Å². The number of esters is 2. The standard InChI is InChI=1S/C10H18O12/c11-1-3(13)5(15)7(17)21-9(19)10(20)22-8(18)6(16)4(14)2-12/h3-8,11-18H,1-2H2/t3-,4-,5-,6-,7?,8?/m0/s1. The molecule has 0 saturated heterocycles. The van der Waals surface area contributed by atoms with Crippen molar-refractivity contribution >= 4 is 11.9 Å². The van der Waals surface area contributed by atoms with E-state index in [1.165, 1.54) is 0 Å². The van der Waals surface area contributed by atoms with E-state index in [9.17, 15) is 9.59 Å². The maximum absolute atomic E-state index is 11.1. The van der Waals surface area contributed by atoms with Crippen LogP contribution in [-0.4, -0.2) is 103 Å². The van der Waals surface area contributed by atoms with Gasteiger partial charge in [-0.25, -0.2) is 9.59 Å². The summed E-state index contributed by atoms with van der Waals surface area (Å²) in [4.78, 5) is 22.3. The van der Waals surface area contributed by atoms with Crippen molar-refractivity contribution in [3.05, 3.63) is 0 Å². The van der Waals surface area contributed by atoms with Gasteiger partial charge in [0.05, 0.1) is 13.2 Å². The average molecular weight is 330 g/mol. The summed E-state index contributed by atoms with van der Waals surface area (Å²) >= 11 is 0. The van der Waals surface area contributed by atoms with Crippen molar-refractivity contribution in [3.63, 3.8) is 0 Å². The van der Waals surface area contributed by atoms with Gasteiger partial charge in [-0.3, -0.25) is 0 Å². The van der Waals surface area contributed by atoms with Crippen LogP contribution >= 0.6 is 0 Å². The Morgan fingerprint density at radius 3 is 1.18 bits per heavy atom. The fourth-order valence-corrected chi connectivity index (χ4v) is 1.05. The SMILES string of the molecule is O=C(OC(O)[C@@H](O)[C@@H](O)CO)C(=O)OC(O)[C@@H](O)[C@@H](O)CO. The van der Waals surface area contributed by atoms with Crippen molar-refractivity contribution < 1.29 is 59.9 Å². The van der Waals surface area contributed by atoms with Gasteiger partial charge in [-0.05, 0) is 0 Å². The highest BCUT2D eigenvalue weighted by atomic mass is 16.7. The molecule has 0 aliphatic rings. The smallest absolute Gasteiger partial charge is 0.419 e. The van der Waals surface area contributed by atoms with Crippen LogP contribution in [0.1, 0.15) is 0 Å². The lowest BCUT2D eigenvalue weighted by atomic mass is 10.2. The van der Waals surface area contributed by atoms with E-state index in [0.29, 0.717) is 0 Å². The fraction of sp³-hybridized carbons (Fsp3) is 0.800. The van der Waals surface area contributed by atoms with E-state index in [0.717, 1.165) is 0 Å². The molecule has 12 heteroatoms. The first-order valence-electron chi connectivity index (χ1n) is 5.87. The lowest BCUT2D eigenvalue weighted by Crippen LogP contribution is -2.45. The number of hydrogen-bond acceptors (Lipinski definition) is 12. The van der Waals surface area contributed by atoms with Crippen molar-refractivity contribution in [3.8, 4) is 0 Å². The molecule has 130 valence electrons. The molecule has 12 nitrogen and oxygen atoms in total. The van der Waals surface area contributed by atoms with E-state index >= 15 is 0 Å². The maximum Gasteiger partial charge on any atom is 0.419 e. The Hall–Kier alpha value is -1.38. The van der Waals surface area contributed by atoms with Crippen molar-refractivity contribution in [2.75, 3.05) is 13.2 Å². The highest BCUT2D eigenvalue weighted by Crippen LogP contribution is 2.05. The molecule has 0 aromatic heterocycles. The molecule has 0 aliphatic heterocycles. The third-order valence-electron chi connectivity index (χ3n) is 2.37. The summed E-state index contributed by atoms with van der Waals surface area (Å²) in [6.07, 6.45) is -12.7. The quantitative estimate of drug-likeness (QED) is 0.119. The number of rotatable bonds is 8. The molecule has 0 heterocycles. The van der Waals surface area contributed by atoms with Gasteiger partial charge in [-0.1, -0.05) is 0 Å². The van der Waals surface area contributed by atoms with Crippen molar-refractivity contribution in [1.82, 2.24) is 0 Å². The summed E-state index contributed by atoms with van der Waals surface area (Å²) in [5.41, 5.74) is 0. The molecule has 0 rings (SSSR count). The summed E-state index contributed by atoms with van der Waals surface area (Å²) in [6, 6.07) is 0. The largest absolute Gasteiger partial charge is 0.425 e. The van der Waals surface area contributed by atoms with E-state index in [1.807, 2.05) is 0 Å². The highest BCUT2D eigenvalue weighted by Gasteiger charge is 2.33. The van der Waals surface area contributed by atoms with Crippen LogP contribution in [0.4, 0.5) is 0 Å². The molecule has 0 bridgehead atoms. The van der Waals surface area contributed by atoms with Gasteiger partial charge in [0.1, 0.15) is 24.4 Å². The van der Waals surface area contributed by atoms with Gasteiger partial charge >= 0.3 is 11.9 Å². The van der Waals surface area contributed by atoms with Gasteiger partial charge in [-0.2, -0.15) is 0 Å². The maximum atomic E-state index is 11.1. The second-order valence-electron chi connectivity index (χ2n) is 4.07. The van der Waals surface area contributed by atoms with Crippen LogP contribution in [0.15, 0.2) is 0 Å². The predicted octanol–water partition coefficient (Wildman–Crippen LogP) is -5.86. The van der Waals surface area contributed by atoms with Gasteiger partial charge in [-0.15, -0.1) is 0 Å². The first-order valence-corrected chi connectivity index (χ1v) is 5.87. The van der Waals surface area contributed by atoms with Gasteiger partial charge in [0.25, 0.3) is 0 Å². The van der Waals surface area contributed by atoms with Crippen molar-refractivity contribution in [2.45, 2.75) is 37.0 Å². The molecule has 0 amide bonds. The molecule has 0 aliphatic carbocycles. The Balaban J connectivity index is 4.46. The van der Waals surface area contributed by atoms with Crippen LogP contribution in [0.2, 0.25) is 0 Å². The molecule has 0 saturated carbocycles. The number of carbonyl (C=O) groups excluding carboxylic acids is 2. The zero-order valence-corrected chi connectivity index (χ0v) is 11.1. The predicted molar refractivity (Wildman–Crippen MR) is 62.4 cm³/mol. The van der Waals surface area contributed by atoms with Gasteiger partial charge < -0.3 is 50.3 Å². The Bertz CT molecular complexity index is 326. The van der Waals surface area contributed by atoms with E-state index in [-0.39, 0.29) is 0 Å². The fourth-order valence-electron chi connectivity index (χ4n) is 1.05. The minimum Gasteiger partial charge on any atom is -0.425 e. The van der Waals surface area contributed by atoms with Gasteiger partial charge in [0, 0.05) is 0 Å². The Morgan fingerprint density at radius 2 is 0.955 bits per heavy atom. The summed E-state index contributed by atoms with van der Waals surface area (Å²) < 4.78 is 7.96. The van der Waals surface area contributed by atoms with Crippen LogP contribution in [0.25, 0.3) is 0 Å². The van der Waals surface area contributed by atoms with E-state index < -0.39 is 62.1 Å². The molecule has 2 unspecified atom stereocenters. The minimum atomic E-state index is -2.38. The Morgan fingerprint density at radius 1 is 0.682 bits per heavy atom. The monoisotopic (exact) mass is 330 g/mol. The second-order valence-corrected chi connectivity index (χ2v) is 4.07. The van der Waals surface area contributed by atoms with Crippen LogP contribution in [0.3, 0.4) is 0 Å². The number of carbonyl (C=O) groups is 2. The topological polar surface area (TPSA) is 214 Å². The van der Waals surface area contributed by atoms with E-state index in [2.05, 4.69) is 9.47 Å². The first-order chi connectivity index (χ1) is 10.1. The number of hydrogen-bond donors (Lipinski definition) is 8. The lowest BCUT2D eigenvalue weighted by Gasteiger charge is -2.22. The molecular formula is C10H18O12. The summed E-state index contributed by atoms with van der Waals surface area (Å²) in [7, 11) is 0. The summed E-state index contributed by atoms with van der Waals surface area (Å²) in [6.45, 7) is -1.94. The molecule has 0 aromatic rings. The normalized spacial score (nSPS) is 19.5. The molecule has 22 heavy (non-hydrogen) atoms. The summed E-state index contributed by atoms with van der Waals surface area (Å²) in [5.74, 6) is -3.80. The molecule has 0 fully saturated rings. The molecule has 0 aromatic carbocycles. The molecule has 0 spiro atoms. The molecule has 0 radical (unpaired) electrons. The highest BCUT2D eigenvalue weighted by molar-refractivity contribution is 6.29. The zero-order valence-electron chi connectivity index (χ0n) is 11.1. The van der Waals surface area contributed by atoms with Gasteiger partial charge in [0.15, 0.2) is 0 Å². The lowest BCUT2D eigenvalue weighted by molar-refractivity contribution is -0.222. The molecule has 6 atom stereocenters. The third-order valence-corrected chi connectivity index (χ3v) is 2.37. The molecule has 8 N–H and O–H groups in total. The van der Waals surface area contributed by atoms with Crippen molar-refractivity contribution in [1.29, 1.82) is 0 Å². The van der Waals surface area contributed by atoms with E-state index in [4.69, 9.17) is 40.9 Å². The van der Waals surface area contributed by atoms with Crippen LogP contribution in [0.5, 0.6) is 0 Å². The van der Waals surface area contributed by atoms with Crippen LogP contribution in [-0.2, 0) is 19.1 Å². The number of aliphatic hydroxyl groups excluding tert-OH is 8. The Labute approximate surface area is 123 Å². The van der Waals surface area contributed by atoms with Crippen molar-refractivity contribution in [2.24, 2.45) is 0 Å². The zero-order chi connectivity index (χ0) is 17.4. The Kier molecular flexibility index (Phi) is 9.00. The number of aliphatic hydroxyl groups is 8.